The predicted octanol–water partition coefficient (Wildman–Crippen LogP) is 2.96. The van der Waals surface area contributed by atoms with Crippen molar-refractivity contribution in [2.45, 2.75) is 19.5 Å². The summed E-state index contributed by atoms with van der Waals surface area (Å²) >= 11 is 3.18. The molecular weight excluding hydrogens is 297 g/mol. The van der Waals surface area contributed by atoms with E-state index in [1.807, 2.05) is 12.5 Å². The molecule has 0 bridgehead atoms. The fraction of sp³-hybridized carbons (Fsp3) is 0.308. The lowest BCUT2D eigenvalue weighted by molar-refractivity contribution is 0.579. The molecule has 0 amide bonds. The Labute approximate surface area is 114 Å². The van der Waals surface area contributed by atoms with Crippen molar-refractivity contribution >= 4 is 15.9 Å². The summed E-state index contributed by atoms with van der Waals surface area (Å²) < 4.78 is 15.6. The minimum Gasteiger partial charge on any atom is -0.337 e. The van der Waals surface area contributed by atoms with Crippen LogP contribution in [0.15, 0.2) is 41.4 Å². The molecule has 0 radical (unpaired) electrons. The van der Waals surface area contributed by atoms with Crippen LogP contribution in [0.4, 0.5) is 4.39 Å². The summed E-state index contributed by atoms with van der Waals surface area (Å²) in [5.41, 5.74) is 1.07. The smallest absolute Gasteiger partial charge is 0.137 e. The number of hydrogen-bond acceptors (Lipinski definition) is 2. The average Bonchev–Trinajstić information content (AvgIpc) is 2.86. The van der Waals surface area contributed by atoms with E-state index in [0.29, 0.717) is 4.47 Å². The first kappa shape index (κ1) is 13.2. The van der Waals surface area contributed by atoms with E-state index in [0.717, 1.165) is 31.6 Å². The molecule has 1 heterocycles. The molecule has 0 aliphatic rings. The lowest BCUT2D eigenvalue weighted by Crippen LogP contribution is -2.16. The fourth-order valence-corrected chi connectivity index (χ4v) is 2.11. The van der Waals surface area contributed by atoms with Gasteiger partial charge in [0.25, 0.3) is 0 Å². The largest absolute Gasteiger partial charge is 0.337 e. The highest BCUT2D eigenvalue weighted by atomic mass is 79.9. The summed E-state index contributed by atoms with van der Waals surface area (Å²) in [4.78, 5) is 3.99. The van der Waals surface area contributed by atoms with Crippen molar-refractivity contribution in [2.24, 2.45) is 0 Å². The Kier molecular flexibility index (Phi) is 4.90. The van der Waals surface area contributed by atoms with Crippen LogP contribution >= 0.6 is 15.9 Å². The Bertz CT molecular complexity index is 485. The number of nitrogens with zero attached hydrogens (tertiary/aromatic N) is 2. The molecule has 2 rings (SSSR count). The van der Waals surface area contributed by atoms with Gasteiger partial charge < -0.3 is 9.88 Å². The zero-order chi connectivity index (χ0) is 12.8. The van der Waals surface area contributed by atoms with Crippen molar-refractivity contribution in [1.82, 2.24) is 14.9 Å². The molecule has 3 nitrogen and oxygen atoms in total. The summed E-state index contributed by atoms with van der Waals surface area (Å²) in [7, 11) is 0. The molecule has 1 aromatic heterocycles. The molecule has 5 heteroatoms. The molecule has 1 aromatic carbocycles. The molecule has 96 valence electrons. The second-order valence-electron chi connectivity index (χ2n) is 4.08. The van der Waals surface area contributed by atoms with Gasteiger partial charge in [-0.05, 0) is 46.6 Å². The van der Waals surface area contributed by atoms with Crippen LogP contribution in [0, 0.1) is 5.82 Å². The lowest BCUT2D eigenvalue weighted by Gasteiger charge is -2.06. The van der Waals surface area contributed by atoms with E-state index in [4.69, 9.17) is 0 Å². The molecule has 0 fully saturated rings. The van der Waals surface area contributed by atoms with Gasteiger partial charge >= 0.3 is 0 Å². The molecule has 0 aliphatic carbocycles. The standard InChI is InChI=1S/C13H15BrFN3/c14-12-8-11(2-3-13(12)15)9-16-4-1-6-18-7-5-17-10-18/h2-3,5,7-8,10,16H,1,4,6,9H2. The van der Waals surface area contributed by atoms with Gasteiger partial charge in [-0.15, -0.1) is 0 Å². The Morgan fingerprint density at radius 3 is 3.00 bits per heavy atom. The van der Waals surface area contributed by atoms with Crippen LogP contribution in [0.1, 0.15) is 12.0 Å². The topological polar surface area (TPSA) is 29.9 Å². The third-order valence-electron chi connectivity index (χ3n) is 2.64. The zero-order valence-electron chi connectivity index (χ0n) is 9.94. The number of aryl methyl sites for hydroxylation is 1. The molecule has 0 saturated carbocycles. The monoisotopic (exact) mass is 311 g/mol. The first-order chi connectivity index (χ1) is 8.75. The molecule has 1 N–H and O–H groups in total. The van der Waals surface area contributed by atoms with Gasteiger partial charge in [-0.2, -0.15) is 0 Å². The third kappa shape index (κ3) is 3.92. The quantitative estimate of drug-likeness (QED) is 0.831. The van der Waals surface area contributed by atoms with Gasteiger partial charge in [-0.1, -0.05) is 6.07 Å². The van der Waals surface area contributed by atoms with Gasteiger partial charge in [-0.3, -0.25) is 0 Å². The van der Waals surface area contributed by atoms with Gasteiger partial charge in [0.05, 0.1) is 10.8 Å². The van der Waals surface area contributed by atoms with E-state index in [2.05, 4.69) is 30.8 Å². The maximum Gasteiger partial charge on any atom is 0.137 e. The summed E-state index contributed by atoms with van der Waals surface area (Å²) in [6.07, 6.45) is 6.59. The van der Waals surface area contributed by atoms with Crippen LogP contribution in [0.2, 0.25) is 0 Å². The van der Waals surface area contributed by atoms with Gasteiger partial charge in [0.15, 0.2) is 0 Å². The number of nitrogens with one attached hydrogen (secondary N) is 1. The van der Waals surface area contributed by atoms with Crippen molar-refractivity contribution in [3.05, 3.63) is 52.8 Å². The minimum absolute atomic E-state index is 0.223. The second kappa shape index (κ2) is 6.66. The molecule has 0 aliphatic heterocycles. The summed E-state index contributed by atoms with van der Waals surface area (Å²) in [6, 6.07) is 5.08. The van der Waals surface area contributed by atoms with Gasteiger partial charge in [0.1, 0.15) is 5.82 Å². The van der Waals surface area contributed by atoms with E-state index in [1.54, 1.807) is 18.3 Å². The van der Waals surface area contributed by atoms with E-state index in [9.17, 15) is 4.39 Å². The average molecular weight is 312 g/mol. The maximum absolute atomic E-state index is 13.0. The van der Waals surface area contributed by atoms with E-state index in [1.165, 1.54) is 6.07 Å². The van der Waals surface area contributed by atoms with Crippen molar-refractivity contribution in [3.8, 4) is 0 Å². The van der Waals surface area contributed by atoms with E-state index < -0.39 is 0 Å². The van der Waals surface area contributed by atoms with Crippen LogP contribution in [0.3, 0.4) is 0 Å². The number of halogens is 2. The van der Waals surface area contributed by atoms with E-state index in [-0.39, 0.29) is 5.82 Å². The van der Waals surface area contributed by atoms with Crippen LogP contribution in [-0.2, 0) is 13.1 Å². The van der Waals surface area contributed by atoms with E-state index >= 15 is 0 Å². The number of aromatic nitrogens is 2. The van der Waals surface area contributed by atoms with Crippen molar-refractivity contribution in [2.75, 3.05) is 6.54 Å². The van der Waals surface area contributed by atoms with Crippen LogP contribution < -0.4 is 5.32 Å². The van der Waals surface area contributed by atoms with Crippen LogP contribution in [0.5, 0.6) is 0 Å². The molecule has 18 heavy (non-hydrogen) atoms. The van der Waals surface area contributed by atoms with Gasteiger partial charge in [0.2, 0.25) is 0 Å². The van der Waals surface area contributed by atoms with Crippen molar-refractivity contribution in [3.63, 3.8) is 0 Å². The highest BCUT2D eigenvalue weighted by molar-refractivity contribution is 9.10. The summed E-state index contributed by atoms with van der Waals surface area (Å²) in [5, 5.41) is 3.33. The molecular formula is C13H15BrFN3. The Hall–Kier alpha value is -1.20. The number of hydrogen-bond donors (Lipinski definition) is 1. The van der Waals surface area contributed by atoms with Gasteiger partial charge in [-0.25, -0.2) is 9.37 Å². The Morgan fingerprint density at radius 2 is 2.28 bits per heavy atom. The predicted molar refractivity (Wildman–Crippen MR) is 72.7 cm³/mol. The second-order valence-corrected chi connectivity index (χ2v) is 4.93. The van der Waals surface area contributed by atoms with Crippen molar-refractivity contribution in [1.29, 1.82) is 0 Å². The van der Waals surface area contributed by atoms with Crippen LogP contribution in [-0.4, -0.2) is 16.1 Å². The van der Waals surface area contributed by atoms with Gasteiger partial charge in [0, 0.05) is 25.5 Å². The number of imidazole rings is 1. The number of benzene rings is 1. The Balaban J connectivity index is 1.67. The van der Waals surface area contributed by atoms with Crippen LogP contribution in [0.25, 0.3) is 0 Å². The zero-order valence-corrected chi connectivity index (χ0v) is 11.5. The molecule has 0 saturated heterocycles. The normalized spacial score (nSPS) is 10.8. The summed E-state index contributed by atoms with van der Waals surface area (Å²) in [5.74, 6) is -0.223. The summed E-state index contributed by atoms with van der Waals surface area (Å²) in [6.45, 7) is 2.64. The molecule has 0 spiro atoms. The number of rotatable bonds is 6. The third-order valence-corrected chi connectivity index (χ3v) is 3.25. The Morgan fingerprint density at radius 1 is 1.39 bits per heavy atom. The maximum atomic E-state index is 13.0. The van der Waals surface area contributed by atoms with Crippen molar-refractivity contribution < 1.29 is 4.39 Å². The first-order valence-electron chi connectivity index (χ1n) is 5.86. The molecule has 0 unspecified atom stereocenters. The fourth-order valence-electron chi connectivity index (χ4n) is 1.69. The lowest BCUT2D eigenvalue weighted by atomic mass is 10.2. The molecule has 0 atom stereocenters. The SMILES string of the molecule is Fc1ccc(CNCCCn2ccnc2)cc1Br. The first-order valence-corrected chi connectivity index (χ1v) is 6.65. The highest BCUT2D eigenvalue weighted by Gasteiger charge is 1.99. The minimum atomic E-state index is -0.223. The highest BCUT2D eigenvalue weighted by Crippen LogP contribution is 2.16. The molecule has 2 aromatic rings.